The molecule has 6 rings (SSSR count). The van der Waals surface area contributed by atoms with Gasteiger partial charge < -0.3 is 9.78 Å². The second-order valence-corrected chi connectivity index (χ2v) is 15.3. The Morgan fingerprint density at radius 3 is 2.24 bits per heavy atom. The van der Waals surface area contributed by atoms with E-state index in [1.807, 2.05) is 22.8 Å². The minimum atomic E-state index is -2.95. The van der Waals surface area contributed by atoms with E-state index in [1.165, 1.54) is 12.8 Å². The van der Waals surface area contributed by atoms with E-state index in [0.717, 1.165) is 58.3 Å². The van der Waals surface area contributed by atoms with Gasteiger partial charge in [0.05, 0.1) is 5.69 Å². The normalized spacial score (nSPS) is 19.0. The Balaban J connectivity index is 1.17. The van der Waals surface area contributed by atoms with Gasteiger partial charge in [0.1, 0.15) is 17.5 Å². The van der Waals surface area contributed by atoms with E-state index < -0.39 is 8.32 Å². The van der Waals surface area contributed by atoms with E-state index >= 15 is 0 Å². The number of hydrogen-bond acceptors (Lipinski definition) is 4. The molecular formula is C30H35N5OSi. The molecule has 0 saturated heterocycles. The van der Waals surface area contributed by atoms with Crippen molar-refractivity contribution in [2.75, 3.05) is 0 Å². The molecule has 3 heterocycles. The van der Waals surface area contributed by atoms with Gasteiger partial charge in [0.2, 0.25) is 0 Å². The predicted octanol–water partition coefficient (Wildman–Crippen LogP) is 5.19. The van der Waals surface area contributed by atoms with Gasteiger partial charge in [-0.2, -0.15) is 0 Å². The van der Waals surface area contributed by atoms with Crippen molar-refractivity contribution >= 4 is 35.2 Å². The summed E-state index contributed by atoms with van der Waals surface area (Å²) < 4.78 is 1.82. The largest absolute Gasteiger partial charge is 0.424 e. The molecular weight excluding hydrogens is 474 g/mol. The number of rotatable bonds is 7. The first-order valence-corrected chi connectivity index (χ1v) is 15.4. The molecule has 190 valence electrons. The highest BCUT2D eigenvalue weighted by Crippen LogP contribution is 2.44. The minimum Gasteiger partial charge on any atom is -0.424 e. The van der Waals surface area contributed by atoms with Crippen LogP contribution in [0.15, 0.2) is 79.3 Å². The quantitative estimate of drug-likeness (QED) is 0.296. The molecule has 1 fully saturated rings. The van der Waals surface area contributed by atoms with Crippen molar-refractivity contribution in [2.45, 2.75) is 63.3 Å². The molecule has 1 aliphatic rings. The maximum absolute atomic E-state index is 12.5. The van der Waals surface area contributed by atoms with E-state index in [4.69, 9.17) is 0 Å². The molecule has 0 spiro atoms. The smallest absolute Gasteiger partial charge is 0.258 e. The molecule has 2 aromatic carbocycles. The van der Waals surface area contributed by atoms with E-state index in [9.17, 15) is 4.80 Å². The average molecular weight is 510 g/mol. The van der Waals surface area contributed by atoms with Crippen molar-refractivity contribution in [1.29, 1.82) is 0 Å². The summed E-state index contributed by atoms with van der Waals surface area (Å²) in [7, 11) is -2.95. The standard InChI is InChI=1S/C30H35N5OSi/c1-30(2,37(36,24-9-5-3-6-10-24)25-11-7-4-8-12-25)19-17-22-13-15-23(16-14-22)27-28-26-18-20-31-29(26)32-21-35(28)34-33-27/h3-12,18,20-23,31,36H,13-17,19H2,1-2H3. The Morgan fingerprint density at radius 2 is 1.59 bits per heavy atom. The first-order chi connectivity index (χ1) is 18.0. The third-order valence-corrected chi connectivity index (χ3v) is 13.3. The van der Waals surface area contributed by atoms with E-state index in [0.29, 0.717) is 11.8 Å². The number of H-pyrrole nitrogens is 1. The number of benzene rings is 2. The maximum Gasteiger partial charge on any atom is 0.258 e. The first-order valence-electron chi connectivity index (χ1n) is 13.5. The molecule has 5 aromatic rings. The van der Waals surface area contributed by atoms with Crippen molar-refractivity contribution in [3.63, 3.8) is 0 Å². The number of fused-ring (bicyclic) bond motifs is 3. The second-order valence-electron chi connectivity index (χ2n) is 11.3. The second kappa shape index (κ2) is 9.54. The van der Waals surface area contributed by atoms with Gasteiger partial charge in [0.15, 0.2) is 0 Å². The van der Waals surface area contributed by atoms with Crippen LogP contribution in [0.3, 0.4) is 0 Å². The van der Waals surface area contributed by atoms with Crippen molar-refractivity contribution in [2.24, 2.45) is 5.92 Å². The number of nitrogens with zero attached hydrogens (tertiary/aromatic N) is 4. The number of aromatic amines is 1. The Labute approximate surface area is 218 Å². The Kier molecular flexibility index (Phi) is 6.21. The van der Waals surface area contributed by atoms with Crippen molar-refractivity contribution in [1.82, 2.24) is 24.8 Å². The zero-order valence-electron chi connectivity index (χ0n) is 21.6. The van der Waals surface area contributed by atoms with Crippen LogP contribution in [0.4, 0.5) is 0 Å². The molecule has 0 radical (unpaired) electrons. The van der Waals surface area contributed by atoms with Crippen LogP contribution in [0, 0.1) is 5.92 Å². The van der Waals surface area contributed by atoms with Crippen LogP contribution in [0.5, 0.6) is 0 Å². The van der Waals surface area contributed by atoms with Crippen LogP contribution < -0.4 is 10.4 Å². The molecule has 7 heteroatoms. The number of nitrogens with one attached hydrogen (secondary N) is 1. The van der Waals surface area contributed by atoms with Gasteiger partial charge in [-0.25, -0.2) is 9.50 Å². The van der Waals surface area contributed by atoms with Crippen molar-refractivity contribution < 1.29 is 4.80 Å². The molecule has 0 atom stereocenters. The topological polar surface area (TPSA) is 79.1 Å². The fourth-order valence-electron chi connectivity index (χ4n) is 6.47. The van der Waals surface area contributed by atoms with Crippen molar-refractivity contribution in [3.8, 4) is 0 Å². The van der Waals surface area contributed by atoms with Gasteiger partial charge in [-0.1, -0.05) is 86.1 Å². The lowest BCUT2D eigenvalue weighted by Crippen LogP contribution is -2.65. The van der Waals surface area contributed by atoms with Gasteiger partial charge >= 0.3 is 0 Å². The highest BCUT2D eigenvalue weighted by molar-refractivity contribution is 6.98. The molecule has 0 bridgehead atoms. The maximum atomic E-state index is 12.5. The third kappa shape index (κ3) is 4.20. The van der Waals surface area contributed by atoms with Gasteiger partial charge in [-0.05, 0) is 59.5 Å². The highest BCUT2D eigenvalue weighted by atomic mass is 28.4. The Hall–Kier alpha value is -3.29. The summed E-state index contributed by atoms with van der Waals surface area (Å²) in [6, 6.07) is 22.8. The minimum absolute atomic E-state index is 0.191. The fourth-order valence-corrected chi connectivity index (χ4v) is 10.2. The third-order valence-electron chi connectivity index (χ3n) is 8.77. The lowest BCUT2D eigenvalue weighted by Gasteiger charge is -2.42. The zero-order valence-corrected chi connectivity index (χ0v) is 22.6. The molecule has 3 aromatic heterocycles. The monoisotopic (exact) mass is 509 g/mol. The molecule has 1 saturated carbocycles. The van der Waals surface area contributed by atoms with Crippen LogP contribution in [-0.4, -0.2) is 37.9 Å². The molecule has 2 N–H and O–H groups in total. The molecule has 6 nitrogen and oxygen atoms in total. The predicted molar refractivity (Wildman–Crippen MR) is 151 cm³/mol. The van der Waals surface area contributed by atoms with Crippen LogP contribution in [0.25, 0.3) is 16.6 Å². The SMILES string of the molecule is CC(C)(CCC1CCC(c2nnn3cnc4[nH]ccc4c23)CC1)[Si](O)(c1ccccc1)c1ccccc1. The number of hydrogen-bond donors (Lipinski definition) is 2. The van der Waals surface area contributed by atoms with Crippen molar-refractivity contribution in [3.05, 3.63) is 84.9 Å². The summed E-state index contributed by atoms with van der Waals surface area (Å²) in [4.78, 5) is 20.1. The molecule has 0 amide bonds. The summed E-state index contributed by atoms with van der Waals surface area (Å²) in [5.74, 6) is 1.11. The van der Waals surface area contributed by atoms with E-state index in [1.54, 1.807) is 6.33 Å². The summed E-state index contributed by atoms with van der Waals surface area (Å²) in [6.07, 6.45) is 10.5. The lowest BCUT2D eigenvalue weighted by atomic mass is 9.77. The first kappa shape index (κ1) is 24.1. The van der Waals surface area contributed by atoms with Crippen LogP contribution in [0.2, 0.25) is 5.04 Å². The van der Waals surface area contributed by atoms with E-state index in [-0.39, 0.29) is 5.04 Å². The fraction of sp³-hybridized carbons (Fsp3) is 0.367. The summed E-state index contributed by atoms with van der Waals surface area (Å²) >= 11 is 0. The van der Waals surface area contributed by atoms with Crippen LogP contribution in [0.1, 0.15) is 64.0 Å². The summed E-state index contributed by atoms with van der Waals surface area (Å²) in [5.41, 5.74) is 3.10. The highest BCUT2D eigenvalue weighted by Gasteiger charge is 2.49. The Morgan fingerprint density at radius 1 is 0.946 bits per heavy atom. The van der Waals surface area contributed by atoms with Crippen LogP contribution in [-0.2, 0) is 0 Å². The molecule has 37 heavy (non-hydrogen) atoms. The van der Waals surface area contributed by atoms with Gasteiger partial charge in [0.25, 0.3) is 8.32 Å². The zero-order chi connectivity index (χ0) is 25.5. The van der Waals surface area contributed by atoms with E-state index in [2.05, 4.69) is 88.7 Å². The summed E-state index contributed by atoms with van der Waals surface area (Å²) in [5, 5.41) is 12.1. The number of aromatic nitrogens is 5. The lowest BCUT2D eigenvalue weighted by molar-refractivity contribution is 0.289. The average Bonchev–Trinajstić information content (AvgIpc) is 3.60. The van der Waals surface area contributed by atoms with Gasteiger partial charge in [-0.15, -0.1) is 5.10 Å². The molecule has 0 unspecified atom stereocenters. The Bertz CT molecular complexity index is 1450. The van der Waals surface area contributed by atoms with Gasteiger partial charge in [0, 0.05) is 17.5 Å². The molecule has 1 aliphatic carbocycles. The summed E-state index contributed by atoms with van der Waals surface area (Å²) in [6.45, 7) is 4.56. The van der Waals surface area contributed by atoms with Gasteiger partial charge in [-0.3, -0.25) is 0 Å². The molecule has 0 aliphatic heterocycles. The van der Waals surface area contributed by atoms with Crippen LogP contribution >= 0.6 is 0 Å².